The topological polar surface area (TPSA) is 78.5 Å². The SMILES string of the molecule is CC(=O)Nc1ccc(NC(=O)CCCCCN2C(=O)C(C)SC2=S)cc1. The lowest BCUT2D eigenvalue weighted by molar-refractivity contribution is -0.126. The van der Waals surface area contributed by atoms with Gasteiger partial charge in [0.2, 0.25) is 17.7 Å². The monoisotopic (exact) mass is 393 g/mol. The van der Waals surface area contributed by atoms with Crippen molar-refractivity contribution in [2.45, 2.75) is 44.8 Å². The van der Waals surface area contributed by atoms with Crippen LogP contribution in [0.3, 0.4) is 0 Å². The summed E-state index contributed by atoms with van der Waals surface area (Å²) < 4.78 is 0.656. The molecule has 0 radical (unpaired) electrons. The van der Waals surface area contributed by atoms with Crippen LogP contribution in [0.25, 0.3) is 0 Å². The summed E-state index contributed by atoms with van der Waals surface area (Å²) in [5.41, 5.74) is 1.39. The van der Waals surface area contributed by atoms with E-state index in [1.807, 2.05) is 6.92 Å². The summed E-state index contributed by atoms with van der Waals surface area (Å²) in [6.45, 7) is 3.94. The molecule has 1 fully saturated rings. The largest absolute Gasteiger partial charge is 0.326 e. The van der Waals surface area contributed by atoms with Crippen LogP contribution in [0.15, 0.2) is 24.3 Å². The number of nitrogens with one attached hydrogen (secondary N) is 2. The van der Waals surface area contributed by atoms with Crippen molar-refractivity contribution in [1.29, 1.82) is 0 Å². The first kappa shape index (κ1) is 20.4. The molecule has 3 amide bonds. The minimum atomic E-state index is -0.133. The fraction of sp³-hybridized carbons (Fsp3) is 0.444. The van der Waals surface area contributed by atoms with Crippen molar-refractivity contribution in [2.75, 3.05) is 17.2 Å². The molecule has 1 atom stereocenters. The predicted molar refractivity (Wildman–Crippen MR) is 109 cm³/mol. The molecule has 0 spiro atoms. The van der Waals surface area contributed by atoms with E-state index in [0.717, 1.165) is 19.3 Å². The van der Waals surface area contributed by atoms with Crippen LogP contribution in [0.2, 0.25) is 0 Å². The maximum Gasteiger partial charge on any atom is 0.241 e. The van der Waals surface area contributed by atoms with Crippen LogP contribution in [-0.4, -0.2) is 38.7 Å². The van der Waals surface area contributed by atoms with E-state index in [4.69, 9.17) is 12.2 Å². The number of carbonyl (C=O) groups is 3. The van der Waals surface area contributed by atoms with Gasteiger partial charge in [0.25, 0.3) is 0 Å². The van der Waals surface area contributed by atoms with Crippen molar-refractivity contribution in [3.05, 3.63) is 24.3 Å². The van der Waals surface area contributed by atoms with Crippen LogP contribution in [-0.2, 0) is 14.4 Å². The van der Waals surface area contributed by atoms with E-state index in [0.29, 0.717) is 28.7 Å². The van der Waals surface area contributed by atoms with Crippen molar-refractivity contribution < 1.29 is 14.4 Å². The molecule has 2 rings (SSSR count). The minimum absolute atomic E-state index is 0.0470. The van der Waals surface area contributed by atoms with Gasteiger partial charge in [-0.25, -0.2) is 0 Å². The third-order valence-electron chi connectivity index (χ3n) is 3.89. The Balaban J connectivity index is 1.64. The van der Waals surface area contributed by atoms with E-state index in [-0.39, 0.29) is 23.0 Å². The molecule has 1 heterocycles. The number of hydrogen-bond acceptors (Lipinski definition) is 5. The number of anilines is 2. The molecule has 1 unspecified atom stereocenters. The second-order valence-corrected chi connectivity index (χ2v) is 8.11. The summed E-state index contributed by atoms with van der Waals surface area (Å²) in [6, 6.07) is 6.99. The van der Waals surface area contributed by atoms with E-state index in [9.17, 15) is 14.4 Å². The minimum Gasteiger partial charge on any atom is -0.326 e. The molecule has 0 aromatic heterocycles. The zero-order valence-electron chi connectivity index (χ0n) is 14.9. The van der Waals surface area contributed by atoms with Crippen LogP contribution >= 0.6 is 24.0 Å². The molecule has 1 aliphatic rings. The van der Waals surface area contributed by atoms with Gasteiger partial charge in [-0.1, -0.05) is 30.4 Å². The summed E-state index contributed by atoms with van der Waals surface area (Å²) in [6.07, 6.45) is 2.88. The Labute approximate surface area is 163 Å². The average Bonchev–Trinajstić information content (AvgIpc) is 2.81. The quantitative estimate of drug-likeness (QED) is 0.523. The van der Waals surface area contributed by atoms with Gasteiger partial charge in [-0.05, 0) is 44.0 Å². The summed E-state index contributed by atoms with van der Waals surface area (Å²) in [4.78, 5) is 36.5. The number of unbranched alkanes of at least 4 members (excludes halogenated alkanes) is 2. The molecular formula is C18H23N3O3S2. The highest BCUT2D eigenvalue weighted by Crippen LogP contribution is 2.27. The van der Waals surface area contributed by atoms with Crippen LogP contribution in [0.1, 0.15) is 39.5 Å². The maximum absolute atomic E-state index is 12.0. The smallest absolute Gasteiger partial charge is 0.241 e. The second-order valence-electron chi connectivity index (χ2n) is 6.13. The van der Waals surface area contributed by atoms with Gasteiger partial charge in [0, 0.05) is 31.3 Å². The lowest BCUT2D eigenvalue weighted by Gasteiger charge is -2.14. The van der Waals surface area contributed by atoms with Gasteiger partial charge < -0.3 is 10.6 Å². The first-order valence-corrected chi connectivity index (χ1v) is 9.85. The molecule has 140 valence electrons. The second kappa shape index (κ2) is 9.68. The van der Waals surface area contributed by atoms with Crippen molar-refractivity contribution in [3.63, 3.8) is 0 Å². The molecule has 1 aromatic carbocycles. The Morgan fingerprint density at radius 3 is 2.27 bits per heavy atom. The molecule has 2 N–H and O–H groups in total. The third kappa shape index (κ3) is 6.10. The van der Waals surface area contributed by atoms with Crippen molar-refractivity contribution in [2.24, 2.45) is 0 Å². The number of hydrogen-bond donors (Lipinski definition) is 2. The van der Waals surface area contributed by atoms with E-state index in [1.54, 1.807) is 29.2 Å². The normalized spacial score (nSPS) is 16.7. The highest BCUT2D eigenvalue weighted by Gasteiger charge is 2.32. The number of nitrogens with zero attached hydrogens (tertiary/aromatic N) is 1. The number of amides is 3. The number of benzene rings is 1. The van der Waals surface area contributed by atoms with Gasteiger partial charge in [-0.2, -0.15) is 0 Å². The Morgan fingerprint density at radius 1 is 1.12 bits per heavy atom. The van der Waals surface area contributed by atoms with E-state index >= 15 is 0 Å². The first-order valence-electron chi connectivity index (χ1n) is 8.56. The molecular weight excluding hydrogens is 370 g/mol. The summed E-state index contributed by atoms with van der Waals surface area (Å²) in [5, 5.41) is 5.43. The lowest BCUT2D eigenvalue weighted by atomic mass is 10.1. The zero-order valence-corrected chi connectivity index (χ0v) is 16.5. The van der Waals surface area contributed by atoms with Gasteiger partial charge in [0.15, 0.2) is 0 Å². The summed E-state index contributed by atoms with van der Waals surface area (Å²) in [7, 11) is 0. The Kier molecular flexibility index (Phi) is 7.59. The number of thiocarbonyl (C=S) groups is 1. The number of carbonyl (C=O) groups excluding carboxylic acids is 3. The highest BCUT2D eigenvalue weighted by molar-refractivity contribution is 8.24. The molecule has 6 nitrogen and oxygen atoms in total. The number of thioether (sulfide) groups is 1. The van der Waals surface area contributed by atoms with Crippen LogP contribution in [0, 0.1) is 0 Å². The fourth-order valence-electron chi connectivity index (χ4n) is 2.57. The van der Waals surface area contributed by atoms with E-state index in [2.05, 4.69) is 10.6 Å². The lowest BCUT2D eigenvalue weighted by Crippen LogP contribution is -2.31. The Bertz CT molecular complexity index is 691. The molecule has 8 heteroatoms. The van der Waals surface area contributed by atoms with Gasteiger partial charge in [0.1, 0.15) is 4.32 Å². The summed E-state index contributed by atoms with van der Waals surface area (Å²) in [5.74, 6) is -0.0964. The predicted octanol–water partition coefficient (Wildman–Crippen LogP) is 3.39. The molecule has 0 saturated carbocycles. The third-order valence-corrected chi connectivity index (χ3v) is 5.37. The Morgan fingerprint density at radius 2 is 1.73 bits per heavy atom. The van der Waals surface area contributed by atoms with E-state index in [1.165, 1.54) is 18.7 Å². The molecule has 0 aliphatic carbocycles. The van der Waals surface area contributed by atoms with Crippen LogP contribution in [0.5, 0.6) is 0 Å². The molecule has 1 aromatic rings. The van der Waals surface area contributed by atoms with Crippen LogP contribution in [0.4, 0.5) is 11.4 Å². The van der Waals surface area contributed by atoms with Gasteiger partial charge in [-0.3, -0.25) is 19.3 Å². The van der Waals surface area contributed by atoms with Gasteiger partial charge in [-0.15, -0.1) is 0 Å². The first-order chi connectivity index (χ1) is 12.4. The standard InChI is InChI=1S/C18H23N3O3S2/c1-12-17(24)21(18(25)26-12)11-5-3-4-6-16(23)20-15-9-7-14(8-10-15)19-13(2)22/h7-10,12H,3-6,11H2,1-2H3,(H,19,22)(H,20,23). The summed E-state index contributed by atoms with van der Waals surface area (Å²) >= 11 is 6.63. The average molecular weight is 394 g/mol. The fourth-order valence-corrected chi connectivity index (χ4v) is 4.03. The Hall–Kier alpha value is -1.93. The molecule has 1 aliphatic heterocycles. The van der Waals surface area contributed by atoms with Gasteiger partial charge in [0.05, 0.1) is 5.25 Å². The maximum atomic E-state index is 12.0. The van der Waals surface area contributed by atoms with Crippen molar-refractivity contribution in [3.8, 4) is 0 Å². The highest BCUT2D eigenvalue weighted by atomic mass is 32.2. The van der Waals surface area contributed by atoms with Crippen molar-refractivity contribution >= 4 is 57.4 Å². The molecule has 26 heavy (non-hydrogen) atoms. The van der Waals surface area contributed by atoms with Crippen LogP contribution < -0.4 is 10.6 Å². The molecule has 0 bridgehead atoms. The van der Waals surface area contributed by atoms with Gasteiger partial charge >= 0.3 is 0 Å². The number of rotatable bonds is 8. The van der Waals surface area contributed by atoms with Crippen molar-refractivity contribution in [1.82, 2.24) is 4.90 Å². The molecule has 1 saturated heterocycles. The van der Waals surface area contributed by atoms with E-state index < -0.39 is 0 Å². The zero-order chi connectivity index (χ0) is 19.1.